The average Bonchev–Trinajstić information content (AvgIpc) is 2.80. The highest BCUT2D eigenvalue weighted by Gasteiger charge is 2.11. The van der Waals surface area contributed by atoms with E-state index in [1.807, 2.05) is 19.2 Å². The van der Waals surface area contributed by atoms with Gasteiger partial charge in [-0.1, -0.05) is 41.1 Å². The number of rotatable bonds is 2. The number of hydrogen-bond acceptors (Lipinski definition) is 3. The Labute approximate surface area is 111 Å². The van der Waals surface area contributed by atoms with Crippen LogP contribution in [0.2, 0.25) is 0 Å². The van der Waals surface area contributed by atoms with Crippen molar-refractivity contribution in [1.29, 1.82) is 0 Å². The van der Waals surface area contributed by atoms with Gasteiger partial charge in [0.25, 0.3) is 0 Å². The molecule has 3 aromatic rings. The van der Waals surface area contributed by atoms with Crippen LogP contribution in [0.4, 0.5) is 0 Å². The molecule has 2 aromatic carbocycles. The number of aromatic nitrogens is 3. The van der Waals surface area contributed by atoms with Crippen LogP contribution in [0.1, 0.15) is 22.7 Å². The first-order chi connectivity index (χ1) is 9.15. The van der Waals surface area contributed by atoms with Gasteiger partial charge >= 0.3 is 0 Å². The molecule has 0 aliphatic rings. The third-order valence-corrected chi connectivity index (χ3v) is 3.43. The van der Waals surface area contributed by atoms with Gasteiger partial charge in [-0.25, -0.2) is 4.68 Å². The van der Waals surface area contributed by atoms with Gasteiger partial charge in [-0.2, -0.15) is 0 Å². The van der Waals surface area contributed by atoms with Crippen molar-refractivity contribution in [2.24, 2.45) is 12.8 Å². The van der Waals surface area contributed by atoms with E-state index in [9.17, 15) is 0 Å². The van der Waals surface area contributed by atoms with Gasteiger partial charge in [0.2, 0.25) is 0 Å². The lowest BCUT2D eigenvalue weighted by Gasteiger charge is -2.13. The van der Waals surface area contributed by atoms with Gasteiger partial charge in [0.1, 0.15) is 5.52 Å². The molecular weight excluding hydrogens is 236 g/mol. The SMILES string of the molecule is Cc1ccc(C(N)c2ccc3nnn(C)c3c2)cc1. The zero-order valence-corrected chi connectivity index (χ0v) is 11.0. The fourth-order valence-corrected chi connectivity index (χ4v) is 2.21. The summed E-state index contributed by atoms with van der Waals surface area (Å²) in [5.41, 5.74) is 11.6. The van der Waals surface area contributed by atoms with Crippen molar-refractivity contribution < 1.29 is 0 Å². The number of fused-ring (bicyclic) bond motifs is 1. The zero-order chi connectivity index (χ0) is 13.4. The predicted octanol–water partition coefficient (Wildman–Crippen LogP) is 2.32. The number of nitrogens with two attached hydrogens (primary N) is 1. The summed E-state index contributed by atoms with van der Waals surface area (Å²) in [4.78, 5) is 0. The highest BCUT2D eigenvalue weighted by atomic mass is 15.4. The molecule has 0 radical (unpaired) electrons. The molecule has 0 aliphatic heterocycles. The maximum atomic E-state index is 6.33. The van der Waals surface area contributed by atoms with E-state index in [1.54, 1.807) is 4.68 Å². The lowest BCUT2D eigenvalue weighted by Crippen LogP contribution is -2.11. The molecule has 1 heterocycles. The Bertz CT molecular complexity index is 713. The number of nitrogens with zero attached hydrogens (tertiary/aromatic N) is 3. The van der Waals surface area contributed by atoms with E-state index in [2.05, 4.69) is 47.6 Å². The average molecular weight is 252 g/mol. The first kappa shape index (κ1) is 11.9. The van der Waals surface area contributed by atoms with Crippen molar-refractivity contribution in [2.45, 2.75) is 13.0 Å². The van der Waals surface area contributed by atoms with Crippen molar-refractivity contribution in [2.75, 3.05) is 0 Å². The summed E-state index contributed by atoms with van der Waals surface area (Å²) in [5.74, 6) is 0. The summed E-state index contributed by atoms with van der Waals surface area (Å²) < 4.78 is 1.76. The third kappa shape index (κ3) is 2.11. The molecule has 4 nitrogen and oxygen atoms in total. The van der Waals surface area contributed by atoms with Crippen LogP contribution in [-0.2, 0) is 7.05 Å². The molecule has 0 saturated heterocycles. The Morgan fingerprint density at radius 1 is 1.05 bits per heavy atom. The highest BCUT2D eigenvalue weighted by Crippen LogP contribution is 2.22. The fourth-order valence-electron chi connectivity index (χ4n) is 2.21. The molecule has 0 spiro atoms. The van der Waals surface area contributed by atoms with Gasteiger partial charge in [-0.3, -0.25) is 0 Å². The van der Waals surface area contributed by atoms with Crippen LogP contribution in [0.25, 0.3) is 11.0 Å². The quantitative estimate of drug-likeness (QED) is 0.761. The minimum absolute atomic E-state index is 0.125. The summed E-state index contributed by atoms with van der Waals surface area (Å²) in [6.07, 6.45) is 0. The molecule has 0 aliphatic carbocycles. The number of benzene rings is 2. The lowest BCUT2D eigenvalue weighted by molar-refractivity contribution is 0.735. The van der Waals surface area contributed by atoms with Crippen molar-refractivity contribution >= 4 is 11.0 Å². The van der Waals surface area contributed by atoms with Crippen LogP contribution >= 0.6 is 0 Å². The van der Waals surface area contributed by atoms with Gasteiger partial charge in [0, 0.05) is 7.05 Å². The second kappa shape index (κ2) is 4.48. The van der Waals surface area contributed by atoms with Gasteiger partial charge in [0.15, 0.2) is 0 Å². The van der Waals surface area contributed by atoms with Crippen molar-refractivity contribution in [3.05, 3.63) is 59.2 Å². The topological polar surface area (TPSA) is 56.7 Å². The lowest BCUT2D eigenvalue weighted by atomic mass is 9.98. The first-order valence-corrected chi connectivity index (χ1v) is 6.26. The van der Waals surface area contributed by atoms with Gasteiger partial charge in [-0.05, 0) is 30.2 Å². The standard InChI is InChI=1S/C15H16N4/c1-10-3-5-11(6-4-10)15(16)12-7-8-13-14(9-12)19(2)18-17-13/h3-9,15H,16H2,1-2H3. The minimum Gasteiger partial charge on any atom is -0.320 e. The molecule has 0 amide bonds. The highest BCUT2D eigenvalue weighted by molar-refractivity contribution is 5.75. The normalized spacial score (nSPS) is 12.8. The summed E-state index contributed by atoms with van der Waals surface area (Å²) >= 11 is 0. The minimum atomic E-state index is -0.125. The maximum Gasteiger partial charge on any atom is 0.113 e. The molecule has 96 valence electrons. The monoisotopic (exact) mass is 252 g/mol. The van der Waals surface area contributed by atoms with E-state index >= 15 is 0 Å². The van der Waals surface area contributed by atoms with Crippen molar-refractivity contribution in [3.8, 4) is 0 Å². The molecular formula is C15H16N4. The Hall–Kier alpha value is -2.20. The van der Waals surface area contributed by atoms with E-state index in [0.29, 0.717) is 0 Å². The van der Waals surface area contributed by atoms with E-state index in [0.717, 1.165) is 22.2 Å². The van der Waals surface area contributed by atoms with Gasteiger partial charge in [-0.15, -0.1) is 5.10 Å². The molecule has 3 rings (SSSR count). The Morgan fingerprint density at radius 3 is 2.47 bits per heavy atom. The molecule has 0 bridgehead atoms. The van der Waals surface area contributed by atoms with Crippen molar-refractivity contribution in [3.63, 3.8) is 0 Å². The van der Waals surface area contributed by atoms with Crippen LogP contribution in [0.3, 0.4) is 0 Å². The summed E-state index contributed by atoms with van der Waals surface area (Å²) in [7, 11) is 1.89. The largest absolute Gasteiger partial charge is 0.320 e. The fraction of sp³-hybridized carbons (Fsp3) is 0.200. The Balaban J connectivity index is 2.03. The third-order valence-electron chi connectivity index (χ3n) is 3.43. The van der Waals surface area contributed by atoms with Crippen molar-refractivity contribution in [1.82, 2.24) is 15.0 Å². The van der Waals surface area contributed by atoms with E-state index in [4.69, 9.17) is 5.73 Å². The molecule has 0 fully saturated rings. The molecule has 0 saturated carbocycles. The number of aryl methyl sites for hydroxylation is 2. The number of hydrogen-bond donors (Lipinski definition) is 1. The maximum absolute atomic E-state index is 6.33. The molecule has 2 N–H and O–H groups in total. The molecule has 4 heteroatoms. The van der Waals surface area contributed by atoms with Crippen LogP contribution in [0.15, 0.2) is 42.5 Å². The summed E-state index contributed by atoms with van der Waals surface area (Å²) in [6.45, 7) is 2.07. The van der Waals surface area contributed by atoms with Crippen LogP contribution in [-0.4, -0.2) is 15.0 Å². The van der Waals surface area contributed by atoms with Crippen LogP contribution in [0, 0.1) is 6.92 Å². The molecule has 1 unspecified atom stereocenters. The van der Waals surface area contributed by atoms with Gasteiger partial charge < -0.3 is 5.73 Å². The van der Waals surface area contributed by atoms with Crippen LogP contribution < -0.4 is 5.73 Å². The van der Waals surface area contributed by atoms with E-state index in [1.165, 1.54) is 5.56 Å². The Morgan fingerprint density at radius 2 is 1.74 bits per heavy atom. The smallest absolute Gasteiger partial charge is 0.113 e. The Kier molecular flexibility index (Phi) is 2.80. The molecule has 19 heavy (non-hydrogen) atoms. The second-order valence-electron chi connectivity index (χ2n) is 4.85. The molecule has 1 aromatic heterocycles. The van der Waals surface area contributed by atoms with E-state index in [-0.39, 0.29) is 6.04 Å². The summed E-state index contributed by atoms with van der Waals surface area (Å²) in [6, 6.07) is 14.2. The van der Waals surface area contributed by atoms with E-state index < -0.39 is 0 Å². The first-order valence-electron chi connectivity index (χ1n) is 6.26. The summed E-state index contributed by atoms with van der Waals surface area (Å²) in [5, 5.41) is 8.08. The zero-order valence-electron chi connectivity index (χ0n) is 11.0. The van der Waals surface area contributed by atoms with Crippen LogP contribution in [0.5, 0.6) is 0 Å². The molecule has 1 atom stereocenters. The predicted molar refractivity (Wildman–Crippen MR) is 75.7 cm³/mol. The second-order valence-corrected chi connectivity index (χ2v) is 4.85. The van der Waals surface area contributed by atoms with Gasteiger partial charge in [0.05, 0.1) is 11.6 Å².